The van der Waals surface area contributed by atoms with Crippen molar-refractivity contribution in [1.82, 2.24) is 0 Å². The molecule has 0 aliphatic rings. The Hall–Kier alpha value is -2.01. The first-order valence-corrected chi connectivity index (χ1v) is 6.35. The Morgan fingerprint density at radius 1 is 1.14 bits per heavy atom. The lowest BCUT2D eigenvalue weighted by Gasteiger charge is -2.09. The minimum Gasteiger partial charge on any atom is -0.489 e. The van der Waals surface area contributed by atoms with Gasteiger partial charge in [0, 0.05) is 11.1 Å². The predicted octanol–water partition coefficient (Wildman–Crippen LogP) is 4.51. The zero-order chi connectivity index (χ0) is 15.4. The Bertz CT molecular complexity index is 622. The van der Waals surface area contributed by atoms with Crippen LogP contribution in [-0.4, -0.2) is 12.2 Å². The average Bonchev–Trinajstić information content (AvgIpc) is 2.46. The molecule has 2 rings (SSSR count). The summed E-state index contributed by atoms with van der Waals surface area (Å²) in [4.78, 5) is 11.1. The van der Waals surface area contributed by atoms with Crippen molar-refractivity contribution in [2.45, 2.75) is 13.0 Å². The van der Waals surface area contributed by atoms with Gasteiger partial charge in [0.1, 0.15) is 18.2 Å². The molecule has 0 spiro atoms. The molecule has 0 heterocycles. The van der Waals surface area contributed by atoms with E-state index in [1.165, 1.54) is 42.5 Å². The van der Waals surface area contributed by atoms with Gasteiger partial charge < -0.3 is 4.74 Å². The first-order chi connectivity index (χ1) is 9.99. The maximum atomic E-state index is 13.5. The molecule has 0 bridgehead atoms. The number of benzene rings is 2. The maximum Gasteiger partial charge on any atom is 0.300 e. The number of halogens is 4. The summed E-state index contributed by atoms with van der Waals surface area (Å²) in [5, 5.41) is 0.236. The minimum atomic E-state index is -3.05. The molecule has 6 heteroatoms. The normalized spacial score (nSPS) is 10.7. The second-order valence-corrected chi connectivity index (χ2v) is 4.59. The van der Waals surface area contributed by atoms with Gasteiger partial charge in [-0.25, -0.2) is 13.2 Å². The highest BCUT2D eigenvalue weighted by atomic mass is 35.5. The molecule has 0 radical (unpaired) electrons. The zero-order valence-corrected chi connectivity index (χ0v) is 11.4. The number of ether oxygens (including phenoxy) is 1. The van der Waals surface area contributed by atoms with Crippen molar-refractivity contribution in [3.63, 3.8) is 0 Å². The third-order valence-corrected chi connectivity index (χ3v) is 3.14. The van der Waals surface area contributed by atoms with Crippen LogP contribution in [0.15, 0.2) is 42.5 Å². The molecule has 2 aromatic rings. The lowest BCUT2D eigenvalue weighted by atomic mass is 10.1. The van der Waals surface area contributed by atoms with Gasteiger partial charge in [-0.1, -0.05) is 17.7 Å². The van der Waals surface area contributed by atoms with Crippen LogP contribution in [0.3, 0.4) is 0 Å². The maximum absolute atomic E-state index is 13.5. The molecule has 0 aliphatic carbocycles. The highest BCUT2D eigenvalue weighted by molar-refractivity contribution is 6.31. The fraction of sp³-hybridized carbons (Fsp3) is 0.133. The van der Waals surface area contributed by atoms with Gasteiger partial charge in [0.15, 0.2) is 0 Å². The molecule has 110 valence electrons. The Labute approximate surface area is 124 Å². The number of Topliss-reactive ketones (excluding diaryl/α,β-unsaturated/α-hetero) is 1. The highest BCUT2D eigenvalue weighted by Gasteiger charge is 2.17. The van der Waals surface area contributed by atoms with E-state index in [2.05, 4.69) is 0 Å². The third-order valence-electron chi connectivity index (χ3n) is 2.78. The number of rotatable bonds is 5. The molecule has 0 aliphatic heterocycles. The van der Waals surface area contributed by atoms with E-state index in [9.17, 15) is 18.0 Å². The van der Waals surface area contributed by atoms with E-state index < -0.39 is 18.0 Å². The molecule has 2 aromatic carbocycles. The van der Waals surface area contributed by atoms with Gasteiger partial charge in [-0.15, -0.1) is 0 Å². The Balaban J connectivity index is 2.06. The van der Waals surface area contributed by atoms with Crippen LogP contribution in [0, 0.1) is 5.82 Å². The van der Waals surface area contributed by atoms with Crippen molar-refractivity contribution >= 4 is 17.4 Å². The molecule has 0 atom stereocenters. The molecular formula is C15H10ClF3O2. The van der Waals surface area contributed by atoms with Gasteiger partial charge >= 0.3 is 6.43 Å². The van der Waals surface area contributed by atoms with E-state index in [0.717, 1.165) is 0 Å². The predicted molar refractivity (Wildman–Crippen MR) is 72.5 cm³/mol. The summed E-state index contributed by atoms with van der Waals surface area (Å²) in [6.07, 6.45) is -3.05. The van der Waals surface area contributed by atoms with Gasteiger partial charge in [-0.05, 0) is 36.4 Å². The van der Waals surface area contributed by atoms with Gasteiger partial charge in [0.2, 0.25) is 5.78 Å². The van der Waals surface area contributed by atoms with Crippen LogP contribution in [0.1, 0.15) is 15.9 Å². The lowest BCUT2D eigenvalue weighted by molar-refractivity contribution is 0.0678. The third kappa shape index (κ3) is 3.76. The number of carbonyl (C=O) groups excluding carboxylic acids is 1. The first kappa shape index (κ1) is 15.4. The first-order valence-electron chi connectivity index (χ1n) is 5.97. The minimum absolute atomic E-state index is 0.104. The molecular weight excluding hydrogens is 305 g/mol. The number of hydrogen-bond donors (Lipinski definition) is 0. The van der Waals surface area contributed by atoms with E-state index in [4.69, 9.17) is 16.3 Å². The second-order valence-electron chi connectivity index (χ2n) is 4.18. The fourth-order valence-corrected chi connectivity index (χ4v) is 1.88. The fourth-order valence-electron chi connectivity index (χ4n) is 1.67. The van der Waals surface area contributed by atoms with E-state index in [1.54, 1.807) is 0 Å². The second kappa shape index (κ2) is 6.63. The van der Waals surface area contributed by atoms with Crippen molar-refractivity contribution < 1.29 is 22.7 Å². The summed E-state index contributed by atoms with van der Waals surface area (Å²) in [7, 11) is 0. The topological polar surface area (TPSA) is 26.3 Å². The quantitative estimate of drug-likeness (QED) is 0.759. The summed E-state index contributed by atoms with van der Waals surface area (Å²) in [6.45, 7) is -0.104. The summed E-state index contributed by atoms with van der Waals surface area (Å²) in [5.41, 5.74) is 0.0909. The van der Waals surface area contributed by atoms with Crippen molar-refractivity contribution in [3.05, 3.63) is 64.4 Å². The summed E-state index contributed by atoms with van der Waals surface area (Å²) >= 11 is 5.85. The Morgan fingerprint density at radius 2 is 1.81 bits per heavy atom. The smallest absolute Gasteiger partial charge is 0.300 e. The van der Waals surface area contributed by atoms with Crippen molar-refractivity contribution in [2.24, 2.45) is 0 Å². The van der Waals surface area contributed by atoms with Crippen molar-refractivity contribution in [2.75, 3.05) is 0 Å². The van der Waals surface area contributed by atoms with Gasteiger partial charge in [-0.3, -0.25) is 4.79 Å². The monoisotopic (exact) mass is 314 g/mol. The molecule has 2 nitrogen and oxygen atoms in total. The van der Waals surface area contributed by atoms with Gasteiger partial charge in [-0.2, -0.15) is 0 Å². The number of hydrogen-bond acceptors (Lipinski definition) is 2. The van der Waals surface area contributed by atoms with Gasteiger partial charge in [0.05, 0.1) is 5.02 Å². The van der Waals surface area contributed by atoms with Crippen LogP contribution in [0.4, 0.5) is 13.2 Å². The van der Waals surface area contributed by atoms with Gasteiger partial charge in [0.25, 0.3) is 0 Å². The zero-order valence-electron chi connectivity index (χ0n) is 10.7. The molecule has 0 unspecified atom stereocenters. The van der Waals surface area contributed by atoms with Crippen LogP contribution >= 0.6 is 11.6 Å². The van der Waals surface area contributed by atoms with Crippen LogP contribution in [0.5, 0.6) is 5.75 Å². The summed E-state index contributed by atoms with van der Waals surface area (Å²) < 4.78 is 43.3. The van der Waals surface area contributed by atoms with Crippen LogP contribution < -0.4 is 4.74 Å². The summed E-state index contributed by atoms with van der Waals surface area (Å²) in [6, 6.07) is 9.46. The standard InChI is InChI=1S/C15H10ClF3O2/c16-12-2-1-3-13(17)11(12)8-21-10-6-4-9(5-7-10)14(20)15(18)19/h1-7,15H,8H2. The van der Waals surface area contributed by atoms with E-state index in [0.29, 0.717) is 5.75 Å². The molecule has 21 heavy (non-hydrogen) atoms. The number of carbonyl (C=O) groups is 1. The average molecular weight is 315 g/mol. The SMILES string of the molecule is O=C(c1ccc(OCc2c(F)cccc2Cl)cc1)C(F)F. The van der Waals surface area contributed by atoms with E-state index >= 15 is 0 Å². The van der Waals surface area contributed by atoms with E-state index in [1.807, 2.05) is 0 Å². The number of ketones is 1. The Morgan fingerprint density at radius 3 is 2.38 bits per heavy atom. The lowest BCUT2D eigenvalue weighted by Crippen LogP contribution is -2.09. The van der Waals surface area contributed by atoms with Crippen LogP contribution in [-0.2, 0) is 6.61 Å². The molecule has 0 aromatic heterocycles. The molecule has 0 saturated carbocycles. The highest BCUT2D eigenvalue weighted by Crippen LogP contribution is 2.22. The molecule has 0 fully saturated rings. The Kier molecular flexibility index (Phi) is 4.85. The van der Waals surface area contributed by atoms with Crippen LogP contribution in [0.2, 0.25) is 5.02 Å². The van der Waals surface area contributed by atoms with Crippen molar-refractivity contribution in [3.8, 4) is 5.75 Å². The van der Waals surface area contributed by atoms with Crippen molar-refractivity contribution in [1.29, 1.82) is 0 Å². The number of alkyl halides is 2. The molecule has 0 saturated heterocycles. The molecule has 0 N–H and O–H groups in total. The van der Waals surface area contributed by atoms with Crippen LogP contribution in [0.25, 0.3) is 0 Å². The largest absolute Gasteiger partial charge is 0.489 e. The van der Waals surface area contributed by atoms with E-state index in [-0.39, 0.29) is 22.8 Å². The molecule has 0 amide bonds. The summed E-state index contributed by atoms with van der Waals surface area (Å²) in [5.74, 6) is -1.43.